The second-order valence-electron chi connectivity index (χ2n) is 3.01. The van der Waals surface area contributed by atoms with Gasteiger partial charge < -0.3 is 5.73 Å². The first-order chi connectivity index (χ1) is 6.56. The van der Waals surface area contributed by atoms with Gasteiger partial charge in [0.1, 0.15) is 0 Å². The lowest BCUT2D eigenvalue weighted by Crippen LogP contribution is -2.29. The molecule has 0 aliphatic heterocycles. The largest absolute Gasteiger partial charge is 0.321 e. The fraction of sp³-hybridized carbons (Fsp3) is 0.300. The van der Waals surface area contributed by atoms with Gasteiger partial charge in [-0.1, -0.05) is 30.1 Å². The third kappa shape index (κ3) is 2.47. The first kappa shape index (κ1) is 11.5. The molecular formula is C10H11Cl2NO. The Kier molecular flexibility index (Phi) is 3.93. The maximum absolute atomic E-state index is 11.6. The minimum Gasteiger partial charge on any atom is -0.321 e. The van der Waals surface area contributed by atoms with Gasteiger partial charge in [0.2, 0.25) is 0 Å². The number of ketones is 1. The summed E-state index contributed by atoms with van der Waals surface area (Å²) in [5.74, 6) is -0.105. The summed E-state index contributed by atoms with van der Waals surface area (Å²) in [4.78, 5) is 11.6. The van der Waals surface area contributed by atoms with E-state index in [0.717, 1.165) is 0 Å². The molecule has 0 fully saturated rings. The van der Waals surface area contributed by atoms with E-state index in [2.05, 4.69) is 0 Å². The Morgan fingerprint density at radius 1 is 1.43 bits per heavy atom. The van der Waals surface area contributed by atoms with E-state index in [9.17, 15) is 4.79 Å². The van der Waals surface area contributed by atoms with Crippen LogP contribution in [0.5, 0.6) is 0 Å². The van der Waals surface area contributed by atoms with Crippen LogP contribution in [0.4, 0.5) is 0 Å². The van der Waals surface area contributed by atoms with E-state index >= 15 is 0 Å². The quantitative estimate of drug-likeness (QED) is 0.814. The molecule has 14 heavy (non-hydrogen) atoms. The third-order valence-electron chi connectivity index (χ3n) is 1.98. The Morgan fingerprint density at radius 2 is 2.07 bits per heavy atom. The Morgan fingerprint density at radius 3 is 2.57 bits per heavy atom. The Labute approximate surface area is 93.0 Å². The Bertz CT molecular complexity index is 352. The lowest BCUT2D eigenvalue weighted by molar-refractivity contribution is 0.0959. The minimum atomic E-state index is -0.466. The average molecular weight is 232 g/mol. The lowest BCUT2D eigenvalue weighted by atomic mass is 10.0. The molecule has 0 saturated carbocycles. The molecule has 0 bridgehead atoms. The van der Waals surface area contributed by atoms with Crippen molar-refractivity contribution in [1.82, 2.24) is 0 Å². The molecule has 0 aromatic heterocycles. The number of Topliss-reactive ketones (excluding diaryl/α,β-unsaturated/α-hetero) is 1. The lowest BCUT2D eigenvalue weighted by Gasteiger charge is -2.07. The van der Waals surface area contributed by atoms with Gasteiger partial charge in [-0.2, -0.15) is 0 Å². The predicted molar refractivity (Wildman–Crippen MR) is 59.1 cm³/mol. The van der Waals surface area contributed by atoms with Crippen LogP contribution in [0, 0.1) is 0 Å². The highest BCUT2D eigenvalue weighted by Gasteiger charge is 2.14. The smallest absolute Gasteiger partial charge is 0.179 e. The van der Waals surface area contributed by atoms with Crippen molar-refractivity contribution in [2.45, 2.75) is 19.4 Å². The topological polar surface area (TPSA) is 43.1 Å². The molecule has 76 valence electrons. The fourth-order valence-electron chi connectivity index (χ4n) is 1.05. The summed E-state index contributed by atoms with van der Waals surface area (Å²) < 4.78 is 0. The second-order valence-corrected chi connectivity index (χ2v) is 3.82. The van der Waals surface area contributed by atoms with Gasteiger partial charge in [0, 0.05) is 5.56 Å². The van der Waals surface area contributed by atoms with Gasteiger partial charge in [-0.05, 0) is 24.6 Å². The molecule has 0 radical (unpaired) electrons. The SMILES string of the molecule is CCC(N)C(=O)c1ccc(Cl)c(Cl)c1. The maximum Gasteiger partial charge on any atom is 0.179 e. The molecule has 0 amide bonds. The van der Waals surface area contributed by atoms with Gasteiger partial charge in [-0.3, -0.25) is 4.79 Å². The summed E-state index contributed by atoms with van der Waals surface area (Å²) in [6, 6.07) is 4.31. The molecule has 1 aromatic rings. The molecule has 4 heteroatoms. The number of nitrogens with two attached hydrogens (primary N) is 1. The number of hydrogen-bond acceptors (Lipinski definition) is 2. The molecule has 1 rings (SSSR count). The second kappa shape index (κ2) is 4.78. The molecule has 2 N–H and O–H groups in total. The molecule has 1 unspecified atom stereocenters. The van der Waals surface area contributed by atoms with Crippen LogP contribution in [-0.2, 0) is 0 Å². The van der Waals surface area contributed by atoms with Crippen LogP contribution in [0.2, 0.25) is 10.0 Å². The van der Waals surface area contributed by atoms with E-state index in [0.29, 0.717) is 22.0 Å². The summed E-state index contributed by atoms with van der Waals surface area (Å²) in [6.07, 6.45) is 0.610. The number of rotatable bonds is 3. The number of benzene rings is 1. The fourth-order valence-corrected chi connectivity index (χ4v) is 1.35. The van der Waals surface area contributed by atoms with Crippen LogP contribution in [0.1, 0.15) is 23.7 Å². The average Bonchev–Trinajstić information content (AvgIpc) is 2.20. The van der Waals surface area contributed by atoms with E-state index in [4.69, 9.17) is 28.9 Å². The van der Waals surface area contributed by atoms with E-state index in [1.54, 1.807) is 18.2 Å². The van der Waals surface area contributed by atoms with Crippen molar-refractivity contribution < 1.29 is 4.79 Å². The third-order valence-corrected chi connectivity index (χ3v) is 2.72. The number of carbonyl (C=O) groups excluding carboxylic acids is 1. The van der Waals surface area contributed by atoms with Gasteiger partial charge in [0.05, 0.1) is 16.1 Å². The summed E-state index contributed by atoms with van der Waals surface area (Å²) in [6.45, 7) is 1.86. The highest BCUT2D eigenvalue weighted by atomic mass is 35.5. The predicted octanol–water partition coefficient (Wildman–Crippen LogP) is 2.91. The van der Waals surface area contributed by atoms with Crippen LogP contribution in [-0.4, -0.2) is 11.8 Å². The molecule has 1 atom stereocenters. The molecule has 0 aliphatic carbocycles. The molecule has 0 heterocycles. The van der Waals surface area contributed by atoms with Gasteiger partial charge in [0.25, 0.3) is 0 Å². The standard InChI is InChI=1S/C10H11Cl2NO/c1-2-9(13)10(14)6-3-4-7(11)8(12)5-6/h3-5,9H,2,13H2,1H3. The van der Waals surface area contributed by atoms with Gasteiger partial charge in [-0.25, -0.2) is 0 Å². The van der Waals surface area contributed by atoms with Crippen molar-refractivity contribution in [3.63, 3.8) is 0 Å². The van der Waals surface area contributed by atoms with Crippen molar-refractivity contribution in [3.8, 4) is 0 Å². The molecular weight excluding hydrogens is 221 g/mol. The van der Waals surface area contributed by atoms with Crippen molar-refractivity contribution in [3.05, 3.63) is 33.8 Å². The highest BCUT2D eigenvalue weighted by Crippen LogP contribution is 2.23. The number of carbonyl (C=O) groups is 1. The van der Waals surface area contributed by atoms with Crippen LogP contribution in [0.3, 0.4) is 0 Å². The van der Waals surface area contributed by atoms with E-state index < -0.39 is 6.04 Å². The van der Waals surface area contributed by atoms with Gasteiger partial charge in [0.15, 0.2) is 5.78 Å². The van der Waals surface area contributed by atoms with Crippen molar-refractivity contribution in [2.75, 3.05) is 0 Å². The Hall–Kier alpha value is -0.570. The maximum atomic E-state index is 11.6. The summed E-state index contributed by atoms with van der Waals surface area (Å²) in [7, 11) is 0. The van der Waals surface area contributed by atoms with E-state index in [-0.39, 0.29) is 5.78 Å². The van der Waals surface area contributed by atoms with Crippen molar-refractivity contribution in [2.24, 2.45) is 5.73 Å². The first-order valence-corrected chi connectivity index (χ1v) is 5.06. The van der Waals surface area contributed by atoms with Gasteiger partial charge in [-0.15, -0.1) is 0 Å². The van der Waals surface area contributed by atoms with E-state index in [1.165, 1.54) is 0 Å². The monoisotopic (exact) mass is 231 g/mol. The summed E-state index contributed by atoms with van der Waals surface area (Å²) >= 11 is 11.5. The van der Waals surface area contributed by atoms with Crippen molar-refractivity contribution in [1.29, 1.82) is 0 Å². The number of halogens is 2. The zero-order valence-corrected chi connectivity index (χ0v) is 9.27. The highest BCUT2D eigenvalue weighted by molar-refractivity contribution is 6.42. The molecule has 0 saturated heterocycles. The molecule has 1 aromatic carbocycles. The molecule has 2 nitrogen and oxygen atoms in total. The van der Waals surface area contributed by atoms with Crippen LogP contribution >= 0.6 is 23.2 Å². The minimum absolute atomic E-state index is 0.105. The normalized spacial score (nSPS) is 12.6. The molecule has 0 aliphatic rings. The Balaban J connectivity index is 2.97. The van der Waals surface area contributed by atoms with E-state index in [1.807, 2.05) is 6.92 Å². The number of hydrogen-bond donors (Lipinski definition) is 1. The first-order valence-electron chi connectivity index (χ1n) is 4.31. The zero-order valence-electron chi connectivity index (χ0n) is 7.76. The van der Waals surface area contributed by atoms with Crippen molar-refractivity contribution >= 4 is 29.0 Å². The molecule has 0 spiro atoms. The van der Waals surface area contributed by atoms with Gasteiger partial charge >= 0.3 is 0 Å². The van der Waals surface area contributed by atoms with Crippen LogP contribution < -0.4 is 5.73 Å². The summed E-state index contributed by atoms with van der Waals surface area (Å²) in [5, 5.41) is 0.814. The van der Waals surface area contributed by atoms with Crippen LogP contribution in [0.25, 0.3) is 0 Å². The van der Waals surface area contributed by atoms with Crippen LogP contribution in [0.15, 0.2) is 18.2 Å². The zero-order chi connectivity index (χ0) is 10.7. The summed E-state index contributed by atoms with van der Waals surface area (Å²) in [5.41, 5.74) is 6.12.